The van der Waals surface area contributed by atoms with Crippen molar-refractivity contribution in [3.63, 3.8) is 0 Å². The first-order chi connectivity index (χ1) is 9.81. The molecule has 1 fully saturated rings. The zero-order valence-corrected chi connectivity index (χ0v) is 11.8. The molecule has 2 aromatic rings. The third-order valence-electron chi connectivity index (χ3n) is 4.13. The summed E-state index contributed by atoms with van der Waals surface area (Å²) >= 11 is 0. The van der Waals surface area contributed by atoms with Crippen LogP contribution in [0.1, 0.15) is 31.2 Å². The predicted molar refractivity (Wildman–Crippen MR) is 81.9 cm³/mol. The molecule has 0 bridgehead atoms. The number of hydrogen-bond acceptors (Lipinski definition) is 2. The minimum absolute atomic E-state index is 0.264. The monoisotopic (exact) mass is 270 g/mol. The maximum absolute atomic E-state index is 10.2. The third-order valence-corrected chi connectivity index (χ3v) is 4.13. The highest BCUT2D eigenvalue weighted by atomic mass is 16.5. The van der Waals surface area contributed by atoms with Gasteiger partial charge in [0.25, 0.3) is 0 Å². The van der Waals surface area contributed by atoms with E-state index in [4.69, 9.17) is 4.74 Å². The smallest absolute Gasteiger partial charge is 0.0581 e. The van der Waals surface area contributed by atoms with E-state index in [1.165, 1.54) is 22.8 Å². The van der Waals surface area contributed by atoms with E-state index in [-0.39, 0.29) is 6.10 Å². The highest BCUT2D eigenvalue weighted by Crippen LogP contribution is 2.20. The highest BCUT2D eigenvalue weighted by Gasteiger charge is 2.17. The van der Waals surface area contributed by atoms with E-state index in [0.717, 1.165) is 32.3 Å². The maximum Gasteiger partial charge on any atom is 0.0581 e. The molecular formula is C18H22O2. The van der Waals surface area contributed by atoms with Crippen molar-refractivity contribution in [2.75, 3.05) is 6.61 Å². The molecule has 0 radical (unpaired) electrons. The zero-order chi connectivity index (χ0) is 13.8. The normalized spacial score (nSPS) is 20.4. The first-order valence-electron chi connectivity index (χ1n) is 7.58. The summed E-state index contributed by atoms with van der Waals surface area (Å²) < 4.78 is 5.60. The van der Waals surface area contributed by atoms with E-state index >= 15 is 0 Å². The van der Waals surface area contributed by atoms with Gasteiger partial charge in [0.15, 0.2) is 0 Å². The molecule has 1 heterocycles. The fourth-order valence-electron chi connectivity index (χ4n) is 2.99. The molecule has 20 heavy (non-hydrogen) atoms. The predicted octanol–water partition coefficient (Wildman–Crippen LogP) is 3.70. The van der Waals surface area contributed by atoms with Crippen LogP contribution in [-0.2, 0) is 11.2 Å². The fraction of sp³-hybridized carbons (Fsp3) is 0.444. The zero-order valence-electron chi connectivity index (χ0n) is 11.8. The van der Waals surface area contributed by atoms with E-state index < -0.39 is 0 Å². The molecule has 0 spiro atoms. The van der Waals surface area contributed by atoms with Gasteiger partial charge in [-0.2, -0.15) is 0 Å². The van der Waals surface area contributed by atoms with E-state index in [9.17, 15) is 5.11 Å². The second-order valence-corrected chi connectivity index (χ2v) is 5.75. The first kappa shape index (κ1) is 13.6. The van der Waals surface area contributed by atoms with Gasteiger partial charge in [-0.05, 0) is 48.4 Å². The number of fused-ring (bicyclic) bond motifs is 1. The van der Waals surface area contributed by atoms with Crippen molar-refractivity contribution in [3.05, 3.63) is 48.0 Å². The molecule has 1 saturated heterocycles. The Labute approximate surface area is 120 Å². The molecule has 2 unspecified atom stereocenters. The number of ether oxygens (including phenoxy) is 1. The number of rotatable bonds is 5. The average Bonchev–Trinajstić information content (AvgIpc) is 2.98. The molecule has 2 nitrogen and oxygen atoms in total. The van der Waals surface area contributed by atoms with Crippen LogP contribution in [0.2, 0.25) is 0 Å². The lowest BCUT2D eigenvalue weighted by Crippen LogP contribution is -2.14. The quantitative estimate of drug-likeness (QED) is 0.897. The SMILES string of the molecule is OC(CCC1CCCO1)Cc1ccc2ccccc2c1. The summed E-state index contributed by atoms with van der Waals surface area (Å²) in [6.07, 6.45) is 4.99. The number of aliphatic hydroxyl groups excluding tert-OH is 1. The second kappa shape index (κ2) is 6.38. The Morgan fingerprint density at radius 3 is 2.80 bits per heavy atom. The summed E-state index contributed by atoms with van der Waals surface area (Å²) in [6, 6.07) is 14.8. The van der Waals surface area contributed by atoms with Crippen molar-refractivity contribution in [2.24, 2.45) is 0 Å². The Bertz CT molecular complexity index is 558. The van der Waals surface area contributed by atoms with Crippen LogP contribution in [-0.4, -0.2) is 23.9 Å². The van der Waals surface area contributed by atoms with Crippen molar-refractivity contribution in [1.82, 2.24) is 0 Å². The van der Waals surface area contributed by atoms with Crippen molar-refractivity contribution in [1.29, 1.82) is 0 Å². The first-order valence-corrected chi connectivity index (χ1v) is 7.58. The van der Waals surface area contributed by atoms with E-state index in [2.05, 4.69) is 42.5 Å². The Balaban J connectivity index is 1.57. The molecule has 1 aliphatic heterocycles. The summed E-state index contributed by atoms with van der Waals surface area (Å²) in [5, 5.41) is 12.7. The van der Waals surface area contributed by atoms with Gasteiger partial charge in [-0.15, -0.1) is 0 Å². The lowest BCUT2D eigenvalue weighted by atomic mass is 9.99. The van der Waals surface area contributed by atoms with Crippen LogP contribution >= 0.6 is 0 Å². The van der Waals surface area contributed by atoms with Crippen LogP contribution in [0, 0.1) is 0 Å². The Hall–Kier alpha value is -1.38. The summed E-state index contributed by atoms with van der Waals surface area (Å²) in [5.41, 5.74) is 1.21. The van der Waals surface area contributed by atoms with Crippen molar-refractivity contribution in [2.45, 2.75) is 44.3 Å². The van der Waals surface area contributed by atoms with Crippen molar-refractivity contribution < 1.29 is 9.84 Å². The van der Waals surface area contributed by atoms with Gasteiger partial charge in [0, 0.05) is 6.61 Å². The van der Waals surface area contributed by atoms with Crippen molar-refractivity contribution >= 4 is 10.8 Å². The Morgan fingerprint density at radius 2 is 2.00 bits per heavy atom. The summed E-state index contributed by atoms with van der Waals surface area (Å²) in [6.45, 7) is 0.894. The van der Waals surface area contributed by atoms with Gasteiger partial charge >= 0.3 is 0 Å². The lowest BCUT2D eigenvalue weighted by molar-refractivity contribution is 0.0813. The fourth-order valence-corrected chi connectivity index (χ4v) is 2.99. The highest BCUT2D eigenvalue weighted by molar-refractivity contribution is 5.82. The number of aliphatic hydroxyl groups is 1. The Kier molecular flexibility index (Phi) is 4.34. The molecule has 1 aliphatic rings. The Morgan fingerprint density at radius 1 is 1.15 bits per heavy atom. The van der Waals surface area contributed by atoms with Crippen LogP contribution in [0.5, 0.6) is 0 Å². The van der Waals surface area contributed by atoms with Crippen LogP contribution < -0.4 is 0 Å². The van der Waals surface area contributed by atoms with Gasteiger partial charge < -0.3 is 9.84 Å². The molecule has 2 atom stereocenters. The van der Waals surface area contributed by atoms with E-state index in [1.807, 2.05) is 0 Å². The molecule has 0 saturated carbocycles. The molecule has 0 aromatic heterocycles. The van der Waals surface area contributed by atoms with Gasteiger partial charge in [0.2, 0.25) is 0 Å². The maximum atomic E-state index is 10.2. The van der Waals surface area contributed by atoms with E-state index in [1.54, 1.807) is 0 Å². The molecular weight excluding hydrogens is 248 g/mol. The molecule has 0 aliphatic carbocycles. The lowest BCUT2D eigenvalue weighted by Gasteiger charge is -2.14. The number of hydrogen-bond donors (Lipinski definition) is 1. The molecule has 1 N–H and O–H groups in total. The average molecular weight is 270 g/mol. The van der Waals surface area contributed by atoms with Crippen LogP contribution in [0.3, 0.4) is 0 Å². The van der Waals surface area contributed by atoms with Crippen LogP contribution in [0.15, 0.2) is 42.5 Å². The summed E-state index contributed by atoms with van der Waals surface area (Å²) in [7, 11) is 0. The third kappa shape index (κ3) is 3.38. The molecule has 2 aromatic carbocycles. The van der Waals surface area contributed by atoms with Crippen molar-refractivity contribution in [3.8, 4) is 0 Å². The van der Waals surface area contributed by atoms with Crippen LogP contribution in [0.4, 0.5) is 0 Å². The topological polar surface area (TPSA) is 29.5 Å². The minimum atomic E-state index is -0.264. The molecule has 2 heteroatoms. The largest absolute Gasteiger partial charge is 0.393 e. The second-order valence-electron chi connectivity index (χ2n) is 5.75. The van der Waals surface area contributed by atoms with Gasteiger partial charge in [-0.25, -0.2) is 0 Å². The number of benzene rings is 2. The van der Waals surface area contributed by atoms with E-state index in [0.29, 0.717) is 6.10 Å². The van der Waals surface area contributed by atoms with Crippen LogP contribution in [0.25, 0.3) is 10.8 Å². The summed E-state index contributed by atoms with van der Waals surface area (Å²) in [5.74, 6) is 0. The standard InChI is InChI=1S/C18H22O2/c19-17(9-10-18-6-3-11-20-18)13-14-7-8-15-4-1-2-5-16(15)12-14/h1-2,4-5,7-8,12,17-19H,3,6,9-11,13H2. The summed E-state index contributed by atoms with van der Waals surface area (Å²) in [4.78, 5) is 0. The van der Waals surface area contributed by atoms with Gasteiger partial charge in [0.1, 0.15) is 0 Å². The van der Waals surface area contributed by atoms with Gasteiger partial charge in [0.05, 0.1) is 12.2 Å². The molecule has 0 amide bonds. The minimum Gasteiger partial charge on any atom is -0.393 e. The van der Waals surface area contributed by atoms with Gasteiger partial charge in [-0.1, -0.05) is 42.5 Å². The van der Waals surface area contributed by atoms with Gasteiger partial charge in [-0.3, -0.25) is 0 Å². The molecule has 106 valence electrons. The molecule has 3 rings (SSSR count).